The van der Waals surface area contributed by atoms with E-state index in [9.17, 15) is 9.59 Å². The largest absolute Gasteiger partial charge is 0.493 e. The van der Waals surface area contributed by atoms with Crippen molar-refractivity contribution in [3.63, 3.8) is 0 Å². The van der Waals surface area contributed by atoms with Crippen molar-refractivity contribution in [2.45, 2.75) is 25.7 Å². The van der Waals surface area contributed by atoms with Crippen LogP contribution in [0, 0.1) is 0 Å². The molecule has 1 amide bonds. The topological polar surface area (TPSA) is 66.8 Å². The van der Waals surface area contributed by atoms with Gasteiger partial charge in [-0.2, -0.15) is 0 Å². The number of carboxylic acid groups (broad SMARTS) is 1. The van der Waals surface area contributed by atoms with Crippen molar-refractivity contribution in [3.8, 4) is 5.75 Å². The van der Waals surface area contributed by atoms with E-state index in [0.717, 1.165) is 18.2 Å². The van der Waals surface area contributed by atoms with Gasteiger partial charge in [0, 0.05) is 19.2 Å². The Morgan fingerprint density at radius 1 is 0.906 bits per heavy atom. The van der Waals surface area contributed by atoms with Crippen LogP contribution in [0.5, 0.6) is 5.75 Å². The van der Waals surface area contributed by atoms with E-state index in [4.69, 9.17) is 9.84 Å². The van der Waals surface area contributed by atoms with E-state index in [0.29, 0.717) is 39.0 Å². The smallest absolute Gasteiger partial charge is 0.327 e. The summed E-state index contributed by atoms with van der Waals surface area (Å²) in [6.07, 6.45) is 5.17. The van der Waals surface area contributed by atoms with Crippen molar-refractivity contribution in [2.24, 2.45) is 0 Å². The van der Waals surface area contributed by atoms with Crippen molar-refractivity contribution < 1.29 is 19.4 Å². The Hall–Kier alpha value is -3.60. The third-order valence-corrected chi connectivity index (χ3v) is 5.27. The number of benzene rings is 3. The van der Waals surface area contributed by atoms with Gasteiger partial charge in [0.2, 0.25) is 5.91 Å². The summed E-state index contributed by atoms with van der Waals surface area (Å²) >= 11 is 0. The van der Waals surface area contributed by atoms with Crippen molar-refractivity contribution in [1.29, 1.82) is 0 Å². The van der Waals surface area contributed by atoms with Gasteiger partial charge in [0.1, 0.15) is 5.75 Å². The van der Waals surface area contributed by atoms with Gasteiger partial charge in [-0.05, 0) is 47.7 Å². The molecule has 166 valence electrons. The molecule has 0 aliphatic heterocycles. The summed E-state index contributed by atoms with van der Waals surface area (Å²) in [5, 5.41) is 11.1. The number of hydrogen-bond donors (Lipinski definition) is 1. The van der Waals surface area contributed by atoms with Crippen LogP contribution in [-0.2, 0) is 16.0 Å². The maximum atomic E-state index is 12.9. The van der Waals surface area contributed by atoms with E-state index in [1.54, 1.807) is 6.08 Å². The molecule has 0 aromatic heterocycles. The zero-order valence-electron chi connectivity index (χ0n) is 18.2. The molecule has 0 unspecified atom stereocenters. The van der Waals surface area contributed by atoms with Crippen LogP contribution >= 0.6 is 0 Å². The molecule has 5 nitrogen and oxygen atoms in total. The molecule has 0 radical (unpaired) electrons. The SMILES string of the molecule is O=C(O)C=CCCCN(CCc1cccc2ccccc12)C(=O)CCOc1ccccc1. The summed E-state index contributed by atoms with van der Waals surface area (Å²) in [4.78, 5) is 25.4. The summed E-state index contributed by atoms with van der Waals surface area (Å²) in [6.45, 7) is 1.52. The first-order valence-corrected chi connectivity index (χ1v) is 11.0. The number of ether oxygens (including phenoxy) is 1. The first kappa shape index (κ1) is 23.1. The molecule has 32 heavy (non-hydrogen) atoms. The second kappa shape index (κ2) is 12.3. The number of unbranched alkanes of at least 4 members (excludes halogenated alkanes) is 1. The Labute approximate surface area is 188 Å². The van der Waals surface area contributed by atoms with Gasteiger partial charge in [-0.25, -0.2) is 4.79 Å². The molecular formula is C27H29NO4. The van der Waals surface area contributed by atoms with Crippen molar-refractivity contribution in [1.82, 2.24) is 4.90 Å². The normalized spacial score (nSPS) is 11.0. The summed E-state index contributed by atoms with van der Waals surface area (Å²) in [5.74, 6) is -0.156. The van der Waals surface area contributed by atoms with Crippen LogP contribution < -0.4 is 4.74 Å². The fourth-order valence-electron chi connectivity index (χ4n) is 3.64. The number of aliphatic carboxylic acids is 1. The second-order valence-corrected chi connectivity index (χ2v) is 7.56. The van der Waals surface area contributed by atoms with Crippen molar-refractivity contribution in [3.05, 3.63) is 90.5 Å². The Morgan fingerprint density at radius 2 is 1.66 bits per heavy atom. The minimum Gasteiger partial charge on any atom is -0.493 e. The van der Waals surface area contributed by atoms with Gasteiger partial charge in [0.05, 0.1) is 13.0 Å². The maximum Gasteiger partial charge on any atom is 0.327 e. The van der Waals surface area contributed by atoms with Gasteiger partial charge in [-0.15, -0.1) is 0 Å². The molecule has 0 atom stereocenters. The predicted molar refractivity (Wildman–Crippen MR) is 127 cm³/mol. The Balaban J connectivity index is 1.59. The lowest BCUT2D eigenvalue weighted by Gasteiger charge is -2.23. The van der Waals surface area contributed by atoms with E-state index in [-0.39, 0.29) is 5.91 Å². The highest BCUT2D eigenvalue weighted by atomic mass is 16.5. The minimum atomic E-state index is -0.952. The van der Waals surface area contributed by atoms with Crippen LogP contribution in [0.15, 0.2) is 84.9 Å². The average molecular weight is 432 g/mol. The molecule has 0 aliphatic rings. The van der Waals surface area contributed by atoms with Gasteiger partial charge in [-0.3, -0.25) is 4.79 Å². The highest BCUT2D eigenvalue weighted by Gasteiger charge is 2.14. The molecule has 3 aromatic rings. The Kier molecular flexibility index (Phi) is 8.87. The van der Waals surface area contributed by atoms with E-state index in [2.05, 4.69) is 24.3 Å². The molecule has 3 rings (SSSR count). The number of hydrogen-bond acceptors (Lipinski definition) is 3. The lowest BCUT2D eigenvalue weighted by atomic mass is 10.0. The van der Waals surface area contributed by atoms with Gasteiger partial charge in [-0.1, -0.05) is 66.7 Å². The molecule has 0 aliphatic carbocycles. The maximum absolute atomic E-state index is 12.9. The van der Waals surface area contributed by atoms with Crippen LogP contribution in [0.1, 0.15) is 24.8 Å². The Morgan fingerprint density at radius 3 is 2.47 bits per heavy atom. The Bertz CT molecular complexity index is 1040. The number of allylic oxidation sites excluding steroid dienone is 1. The number of rotatable bonds is 12. The van der Waals surface area contributed by atoms with Crippen LogP contribution in [0.3, 0.4) is 0 Å². The van der Waals surface area contributed by atoms with Gasteiger partial charge in [0.15, 0.2) is 0 Å². The number of para-hydroxylation sites is 1. The number of carboxylic acids is 1. The average Bonchev–Trinajstić information content (AvgIpc) is 2.81. The fraction of sp³-hybridized carbons (Fsp3) is 0.259. The van der Waals surface area contributed by atoms with Crippen LogP contribution in [0.25, 0.3) is 10.8 Å². The van der Waals surface area contributed by atoms with Gasteiger partial charge >= 0.3 is 5.97 Å². The molecule has 0 saturated heterocycles. The number of amides is 1. The molecule has 0 bridgehead atoms. The molecular weight excluding hydrogens is 402 g/mol. The van der Waals surface area contributed by atoms with Crippen LogP contribution in [0.2, 0.25) is 0 Å². The standard InChI is InChI=1S/C27H29NO4/c29-26(18-21-32-24-13-3-1-4-14-24)28(19-8-2-5-16-27(30)31)20-17-23-12-9-11-22-10-6-7-15-25(22)23/h1,3-7,9-16H,2,8,17-21H2,(H,30,31). The van der Waals surface area contributed by atoms with E-state index in [1.165, 1.54) is 16.3 Å². The van der Waals surface area contributed by atoms with Gasteiger partial charge < -0.3 is 14.7 Å². The minimum absolute atomic E-state index is 0.0448. The highest BCUT2D eigenvalue weighted by Crippen LogP contribution is 2.19. The fourth-order valence-corrected chi connectivity index (χ4v) is 3.64. The van der Waals surface area contributed by atoms with Crippen LogP contribution in [0.4, 0.5) is 0 Å². The molecule has 0 heterocycles. The van der Waals surface area contributed by atoms with E-state index < -0.39 is 5.97 Å². The third kappa shape index (κ3) is 7.27. The molecule has 0 fully saturated rings. The van der Waals surface area contributed by atoms with E-state index in [1.807, 2.05) is 53.4 Å². The highest BCUT2D eigenvalue weighted by molar-refractivity contribution is 5.85. The number of carbonyl (C=O) groups is 2. The lowest BCUT2D eigenvalue weighted by molar-refractivity contribution is -0.132. The number of carbonyl (C=O) groups excluding carboxylic acids is 1. The second-order valence-electron chi connectivity index (χ2n) is 7.56. The molecule has 0 spiro atoms. The number of nitrogens with zero attached hydrogens (tertiary/aromatic N) is 1. The molecule has 0 saturated carbocycles. The zero-order valence-corrected chi connectivity index (χ0v) is 18.2. The quantitative estimate of drug-likeness (QED) is 0.320. The summed E-state index contributed by atoms with van der Waals surface area (Å²) < 4.78 is 5.69. The first-order valence-electron chi connectivity index (χ1n) is 11.0. The van der Waals surface area contributed by atoms with Gasteiger partial charge in [0.25, 0.3) is 0 Å². The summed E-state index contributed by atoms with van der Waals surface area (Å²) in [7, 11) is 0. The summed E-state index contributed by atoms with van der Waals surface area (Å²) in [6, 6.07) is 24.0. The lowest BCUT2D eigenvalue weighted by Crippen LogP contribution is -2.34. The molecule has 5 heteroatoms. The molecule has 3 aromatic carbocycles. The van der Waals surface area contributed by atoms with Crippen molar-refractivity contribution in [2.75, 3.05) is 19.7 Å². The number of fused-ring (bicyclic) bond motifs is 1. The van der Waals surface area contributed by atoms with E-state index >= 15 is 0 Å². The first-order chi connectivity index (χ1) is 15.6. The van der Waals surface area contributed by atoms with Crippen LogP contribution in [-0.4, -0.2) is 41.6 Å². The predicted octanol–water partition coefficient (Wildman–Crippen LogP) is 5.10. The zero-order chi connectivity index (χ0) is 22.6. The monoisotopic (exact) mass is 431 g/mol. The third-order valence-electron chi connectivity index (χ3n) is 5.27. The summed E-state index contributed by atoms with van der Waals surface area (Å²) in [5.41, 5.74) is 1.22. The molecule has 1 N–H and O–H groups in total. The van der Waals surface area contributed by atoms with Crippen molar-refractivity contribution >= 4 is 22.6 Å².